The van der Waals surface area contributed by atoms with Gasteiger partial charge in [0.1, 0.15) is 17.1 Å². The van der Waals surface area contributed by atoms with Crippen molar-refractivity contribution in [1.29, 1.82) is 0 Å². The number of nitrogens with one attached hydrogen (secondary N) is 1. The molecule has 2 aliphatic rings. The highest BCUT2D eigenvalue weighted by molar-refractivity contribution is 5.77. The smallest absolute Gasteiger partial charge is 0.130 e. The van der Waals surface area contributed by atoms with Gasteiger partial charge in [0.25, 0.3) is 0 Å². The molecule has 1 saturated carbocycles. The van der Waals surface area contributed by atoms with Crippen molar-refractivity contribution in [3.63, 3.8) is 0 Å². The average molecular weight is 289 g/mol. The van der Waals surface area contributed by atoms with Crippen LogP contribution < -0.4 is 10.2 Å². The highest BCUT2D eigenvalue weighted by atomic mass is 16.6. The van der Waals surface area contributed by atoms with Crippen LogP contribution in [0, 0.1) is 0 Å². The van der Waals surface area contributed by atoms with Crippen LogP contribution >= 0.6 is 0 Å². The second-order valence-electron chi connectivity index (χ2n) is 5.83. The summed E-state index contributed by atoms with van der Waals surface area (Å²) in [7, 11) is 1.61. The number of hydrogen-bond acceptors (Lipinski definition) is 4. The summed E-state index contributed by atoms with van der Waals surface area (Å²) in [5.41, 5.74) is 6.50. The molecule has 0 bridgehead atoms. The van der Waals surface area contributed by atoms with Gasteiger partial charge in [-0.2, -0.15) is 0 Å². The summed E-state index contributed by atoms with van der Waals surface area (Å²) in [6, 6.07) is 1.98. The van der Waals surface area contributed by atoms with Crippen LogP contribution in [0.1, 0.15) is 49.8 Å². The normalized spacial score (nSPS) is 18.5. The number of hydrogen-bond donors (Lipinski definition) is 2. The molecular formula is C17H23NO3. The number of hydroxylamine groups is 1. The molecular weight excluding hydrogens is 266 g/mol. The zero-order valence-corrected chi connectivity index (χ0v) is 13.0. The number of aromatic hydroxyl groups is 1. The van der Waals surface area contributed by atoms with Crippen LogP contribution in [0.25, 0.3) is 5.70 Å². The molecule has 21 heavy (non-hydrogen) atoms. The van der Waals surface area contributed by atoms with Gasteiger partial charge in [0.15, 0.2) is 0 Å². The van der Waals surface area contributed by atoms with E-state index in [1.807, 2.05) is 19.9 Å². The van der Waals surface area contributed by atoms with Crippen molar-refractivity contribution in [2.45, 2.75) is 51.6 Å². The number of phenolic OH excluding ortho intramolecular Hbond substituents is 1. The Morgan fingerprint density at radius 3 is 2.62 bits per heavy atom. The topological polar surface area (TPSA) is 50.7 Å². The molecule has 0 saturated heterocycles. The van der Waals surface area contributed by atoms with E-state index in [-0.39, 0.29) is 5.60 Å². The Balaban J connectivity index is 2.18. The molecule has 1 aromatic rings. The fraction of sp³-hybridized carbons (Fsp3) is 0.529. The quantitative estimate of drug-likeness (QED) is 0.835. The minimum absolute atomic E-state index is 0.194. The first-order valence-corrected chi connectivity index (χ1v) is 7.73. The summed E-state index contributed by atoms with van der Waals surface area (Å²) in [4.78, 5) is 5.14. The lowest BCUT2D eigenvalue weighted by molar-refractivity contribution is 0.0340. The lowest BCUT2D eigenvalue weighted by Gasteiger charge is -2.43. The third kappa shape index (κ3) is 2.18. The number of rotatable bonds is 4. The number of aryl methyl sites for hydroxylation is 1. The van der Waals surface area contributed by atoms with Crippen LogP contribution in [0.4, 0.5) is 0 Å². The number of fused-ring (bicyclic) bond motifs is 1. The monoisotopic (exact) mass is 289 g/mol. The van der Waals surface area contributed by atoms with Crippen molar-refractivity contribution < 1.29 is 14.7 Å². The zero-order chi connectivity index (χ0) is 15.0. The van der Waals surface area contributed by atoms with Gasteiger partial charge in [-0.15, -0.1) is 0 Å². The van der Waals surface area contributed by atoms with Gasteiger partial charge in [-0.25, -0.2) is 0 Å². The van der Waals surface area contributed by atoms with Gasteiger partial charge in [-0.3, -0.25) is 10.3 Å². The molecule has 0 radical (unpaired) electrons. The second-order valence-corrected chi connectivity index (χ2v) is 5.83. The lowest BCUT2D eigenvalue weighted by atomic mass is 9.77. The third-order valence-electron chi connectivity index (χ3n) is 4.58. The average Bonchev–Trinajstić information content (AvgIpc) is 2.45. The first kappa shape index (κ1) is 14.3. The fourth-order valence-corrected chi connectivity index (χ4v) is 3.29. The zero-order valence-electron chi connectivity index (χ0n) is 13.0. The maximum absolute atomic E-state index is 10.5. The molecule has 1 spiro atoms. The molecule has 1 aliphatic heterocycles. The Hall–Kier alpha value is -1.68. The SMILES string of the molecule is CCc1cc2c(c(CC)c1O)C(NOC)=CC1(CCC1)O2. The summed E-state index contributed by atoms with van der Waals surface area (Å²) in [5.74, 6) is 1.25. The Kier molecular flexibility index (Phi) is 3.57. The van der Waals surface area contributed by atoms with Crippen molar-refractivity contribution in [3.8, 4) is 11.5 Å². The van der Waals surface area contributed by atoms with Crippen molar-refractivity contribution in [1.82, 2.24) is 5.48 Å². The van der Waals surface area contributed by atoms with E-state index in [2.05, 4.69) is 11.6 Å². The van der Waals surface area contributed by atoms with Gasteiger partial charge in [-0.1, -0.05) is 13.8 Å². The van der Waals surface area contributed by atoms with Gasteiger partial charge in [0.05, 0.1) is 12.8 Å². The number of phenols is 1. The molecule has 1 fully saturated rings. The molecule has 2 N–H and O–H groups in total. The van der Waals surface area contributed by atoms with Crippen LogP contribution in [-0.4, -0.2) is 17.8 Å². The van der Waals surface area contributed by atoms with Crippen LogP contribution in [-0.2, 0) is 17.7 Å². The van der Waals surface area contributed by atoms with E-state index < -0.39 is 0 Å². The largest absolute Gasteiger partial charge is 0.507 e. The summed E-state index contributed by atoms with van der Waals surface area (Å²) in [5, 5.41) is 10.5. The highest BCUT2D eigenvalue weighted by Gasteiger charge is 2.42. The third-order valence-corrected chi connectivity index (χ3v) is 4.58. The molecule has 3 rings (SSSR count). The first-order chi connectivity index (χ1) is 10.1. The molecule has 1 aliphatic carbocycles. The second kappa shape index (κ2) is 5.26. The van der Waals surface area contributed by atoms with Gasteiger partial charge < -0.3 is 9.84 Å². The van der Waals surface area contributed by atoms with E-state index in [0.717, 1.165) is 53.8 Å². The predicted octanol–water partition coefficient (Wildman–Crippen LogP) is 3.32. The Morgan fingerprint density at radius 1 is 1.33 bits per heavy atom. The highest BCUT2D eigenvalue weighted by Crippen LogP contribution is 2.48. The van der Waals surface area contributed by atoms with E-state index in [4.69, 9.17) is 9.57 Å². The maximum Gasteiger partial charge on any atom is 0.130 e. The molecule has 0 aromatic heterocycles. The lowest BCUT2D eigenvalue weighted by Crippen LogP contribution is -2.44. The standard InChI is InChI=1S/C17H23NO3/c1-4-11-9-14-15(12(5-2)16(11)19)13(18-20-3)10-17(21-14)7-6-8-17/h9-10,18-19H,4-8H2,1-3H3. The van der Waals surface area contributed by atoms with Crippen molar-refractivity contribution in [3.05, 3.63) is 28.8 Å². The van der Waals surface area contributed by atoms with Gasteiger partial charge in [-0.05, 0) is 49.8 Å². The van der Waals surface area contributed by atoms with Crippen molar-refractivity contribution >= 4 is 5.70 Å². The Bertz CT molecular complexity index is 588. The van der Waals surface area contributed by atoms with Gasteiger partial charge in [0, 0.05) is 11.1 Å². The van der Waals surface area contributed by atoms with Crippen LogP contribution in [0.5, 0.6) is 11.5 Å². The minimum atomic E-state index is -0.194. The number of benzene rings is 1. The van der Waals surface area contributed by atoms with E-state index in [0.29, 0.717) is 5.75 Å². The molecule has 0 atom stereocenters. The predicted molar refractivity (Wildman–Crippen MR) is 82.2 cm³/mol. The minimum Gasteiger partial charge on any atom is -0.507 e. The van der Waals surface area contributed by atoms with E-state index >= 15 is 0 Å². The molecule has 0 unspecified atom stereocenters. The van der Waals surface area contributed by atoms with Crippen LogP contribution in [0.3, 0.4) is 0 Å². The Labute approximate surface area is 125 Å². The van der Waals surface area contributed by atoms with Gasteiger partial charge >= 0.3 is 0 Å². The summed E-state index contributed by atoms with van der Waals surface area (Å²) in [6.45, 7) is 4.10. The summed E-state index contributed by atoms with van der Waals surface area (Å²) < 4.78 is 6.29. The molecule has 0 amide bonds. The van der Waals surface area contributed by atoms with Crippen molar-refractivity contribution in [2.75, 3.05) is 7.11 Å². The van der Waals surface area contributed by atoms with Crippen LogP contribution in [0.2, 0.25) is 0 Å². The molecule has 4 heteroatoms. The maximum atomic E-state index is 10.5. The fourth-order valence-electron chi connectivity index (χ4n) is 3.29. The van der Waals surface area contributed by atoms with E-state index in [1.54, 1.807) is 7.11 Å². The van der Waals surface area contributed by atoms with Gasteiger partial charge in [0.2, 0.25) is 0 Å². The summed E-state index contributed by atoms with van der Waals surface area (Å²) >= 11 is 0. The molecule has 1 heterocycles. The van der Waals surface area contributed by atoms with E-state index in [9.17, 15) is 5.11 Å². The van der Waals surface area contributed by atoms with Crippen LogP contribution in [0.15, 0.2) is 12.1 Å². The molecule has 1 aromatic carbocycles. The Morgan fingerprint density at radius 2 is 2.10 bits per heavy atom. The summed E-state index contributed by atoms with van der Waals surface area (Å²) in [6.07, 6.45) is 6.91. The molecule has 114 valence electrons. The molecule has 4 nitrogen and oxygen atoms in total. The first-order valence-electron chi connectivity index (χ1n) is 7.73. The number of ether oxygens (including phenoxy) is 1. The van der Waals surface area contributed by atoms with Crippen molar-refractivity contribution in [2.24, 2.45) is 0 Å². The van der Waals surface area contributed by atoms with E-state index in [1.165, 1.54) is 6.42 Å².